The minimum atomic E-state index is -0.924. The highest BCUT2D eigenvalue weighted by molar-refractivity contribution is 5.92. The van der Waals surface area contributed by atoms with Gasteiger partial charge in [0, 0.05) is 18.5 Å². The molecule has 0 aromatic rings. The highest BCUT2D eigenvalue weighted by atomic mass is 16.2. The molecule has 5 nitrogen and oxygen atoms in total. The number of hydrogen-bond donors (Lipinski definition) is 3. The zero-order chi connectivity index (χ0) is 15.6. The third-order valence-corrected chi connectivity index (χ3v) is 3.61. The lowest BCUT2D eigenvalue weighted by molar-refractivity contribution is -0.135. The standard InChI is InChI=1S/C15H27N3O2/c1-6-7-11-8-12(16)9-15(11,17-10(2)19)13(20)18-14(3,4)5/h6,11-12H,1,7-9,16H2,2-5H3,(H,17,19)(H,18,20)/t11-,12-,15-/m0/s1. The number of amides is 2. The van der Waals surface area contributed by atoms with Crippen molar-refractivity contribution in [3.8, 4) is 0 Å². The van der Waals surface area contributed by atoms with E-state index in [0.29, 0.717) is 19.3 Å². The van der Waals surface area contributed by atoms with E-state index < -0.39 is 5.54 Å². The van der Waals surface area contributed by atoms with Crippen molar-refractivity contribution in [1.29, 1.82) is 0 Å². The maximum Gasteiger partial charge on any atom is 0.246 e. The van der Waals surface area contributed by atoms with E-state index in [1.54, 1.807) is 6.08 Å². The molecule has 4 N–H and O–H groups in total. The Morgan fingerprint density at radius 3 is 2.50 bits per heavy atom. The molecule has 0 heterocycles. The molecule has 1 rings (SSSR count). The molecule has 1 aliphatic carbocycles. The van der Waals surface area contributed by atoms with Gasteiger partial charge in [0.1, 0.15) is 5.54 Å². The van der Waals surface area contributed by atoms with E-state index in [2.05, 4.69) is 17.2 Å². The second-order valence-electron chi connectivity index (χ2n) is 6.78. The zero-order valence-electron chi connectivity index (χ0n) is 13.0. The fraction of sp³-hybridized carbons (Fsp3) is 0.733. The van der Waals surface area contributed by atoms with Gasteiger partial charge in [-0.1, -0.05) is 6.08 Å². The number of allylic oxidation sites excluding steroid dienone is 1. The van der Waals surface area contributed by atoms with Crippen molar-refractivity contribution in [2.75, 3.05) is 0 Å². The largest absolute Gasteiger partial charge is 0.349 e. The Morgan fingerprint density at radius 2 is 2.05 bits per heavy atom. The van der Waals surface area contributed by atoms with E-state index in [1.807, 2.05) is 20.8 Å². The Morgan fingerprint density at radius 1 is 1.45 bits per heavy atom. The number of nitrogens with two attached hydrogens (primary N) is 1. The summed E-state index contributed by atoms with van der Waals surface area (Å²) in [5.41, 5.74) is 4.77. The van der Waals surface area contributed by atoms with Crippen LogP contribution in [0.2, 0.25) is 0 Å². The molecule has 0 radical (unpaired) electrons. The molecule has 3 atom stereocenters. The summed E-state index contributed by atoms with van der Waals surface area (Å²) >= 11 is 0. The van der Waals surface area contributed by atoms with Gasteiger partial charge in [0.25, 0.3) is 0 Å². The topological polar surface area (TPSA) is 84.2 Å². The Labute approximate surface area is 121 Å². The second kappa shape index (κ2) is 5.95. The van der Waals surface area contributed by atoms with E-state index >= 15 is 0 Å². The van der Waals surface area contributed by atoms with E-state index in [9.17, 15) is 9.59 Å². The van der Waals surface area contributed by atoms with Crippen LogP contribution in [0, 0.1) is 5.92 Å². The fourth-order valence-electron chi connectivity index (χ4n) is 2.98. The molecule has 2 amide bonds. The smallest absolute Gasteiger partial charge is 0.246 e. The first kappa shape index (κ1) is 16.7. The van der Waals surface area contributed by atoms with E-state index in [-0.39, 0.29) is 29.3 Å². The number of nitrogens with one attached hydrogen (secondary N) is 2. The molecule has 0 aromatic carbocycles. The first-order valence-electron chi connectivity index (χ1n) is 7.08. The van der Waals surface area contributed by atoms with Gasteiger partial charge in [0.15, 0.2) is 0 Å². The second-order valence-corrected chi connectivity index (χ2v) is 6.78. The Bertz CT molecular complexity index is 400. The summed E-state index contributed by atoms with van der Waals surface area (Å²) in [6, 6.07) is -0.0856. The number of rotatable bonds is 4. The predicted octanol–water partition coefficient (Wildman–Crippen LogP) is 1.09. The summed E-state index contributed by atoms with van der Waals surface area (Å²) in [7, 11) is 0. The van der Waals surface area contributed by atoms with Crippen LogP contribution in [0.25, 0.3) is 0 Å². The van der Waals surface area contributed by atoms with Crippen LogP contribution in [-0.2, 0) is 9.59 Å². The van der Waals surface area contributed by atoms with E-state index in [4.69, 9.17) is 5.73 Å². The van der Waals surface area contributed by atoms with Crippen LogP contribution in [0.4, 0.5) is 0 Å². The van der Waals surface area contributed by atoms with Crippen LogP contribution < -0.4 is 16.4 Å². The van der Waals surface area contributed by atoms with Gasteiger partial charge in [-0.3, -0.25) is 9.59 Å². The Kier molecular flexibility index (Phi) is 4.97. The number of carbonyl (C=O) groups is 2. The highest BCUT2D eigenvalue weighted by Crippen LogP contribution is 2.38. The molecule has 0 saturated heterocycles. The first-order valence-corrected chi connectivity index (χ1v) is 7.08. The van der Waals surface area contributed by atoms with Crippen molar-refractivity contribution >= 4 is 11.8 Å². The molecule has 0 aliphatic heterocycles. The van der Waals surface area contributed by atoms with Gasteiger partial charge in [0.2, 0.25) is 11.8 Å². The lowest BCUT2D eigenvalue weighted by Gasteiger charge is -2.37. The van der Waals surface area contributed by atoms with Gasteiger partial charge in [-0.15, -0.1) is 6.58 Å². The summed E-state index contributed by atoms with van der Waals surface area (Å²) in [5, 5.41) is 5.84. The summed E-state index contributed by atoms with van der Waals surface area (Å²) in [6.07, 6.45) is 3.62. The summed E-state index contributed by atoms with van der Waals surface area (Å²) in [4.78, 5) is 24.3. The van der Waals surface area contributed by atoms with Gasteiger partial charge in [-0.2, -0.15) is 0 Å². The Balaban J connectivity index is 3.10. The SMILES string of the molecule is C=CC[C@H]1C[C@H](N)C[C@@]1(NC(C)=O)C(=O)NC(C)(C)C. The zero-order valence-corrected chi connectivity index (χ0v) is 13.0. The molecule has 0 spiro atoms. The molecule has 0 bridgehead atoms. The van der Waals surface area contributed by atoms with Crippen molar-refractivity contribution in [3.05, 3.63) is 12.7 Å². The monoisotopic (exact) mass is 281 g/mol. The van der Waals surface area contributed by atoms with Gasteiger partial charge < -0.3 is 16.4 Å². The first-order chi connectivity index (χ1) is 9.10. The van der Waals surface area contributed by atoms with Crippen LogP contribution in [0.15, 0.2) is 12.7 Å². The van der Waals surface area contributed by atoms with Crippen molar-refractivity contribution in [2.45, 2.75) is 64.1 Å². The predicted molar refractivity (Wildman–Crippen MR) is 80.0 cm³/mol. The van der Waals surface area contributed by atoms with Gasteiger partial charge in [-0.05, 0) is 46.0 Å². The number of carbonyl (C=O) groups excluding carboxylic acids is 2. The molecular formula is C15H27N3O2. The molecule has 1 aliphatic rings. The van der Waals surface area contributed by atoms with Crippen LogP contribution in [0.1, 0.15) is 47.0 Å². The van der Waals surface area contributed by atoms with Gasteiger partial charge >= 0.3 is 0 Å². The fourth-order valence-corrected chi connectivity index (χ4v) is 2.98. The maximum absolute atomic E-state index is 12.7. The van der Waals surface area contributed by atoms with Crippen LogP contribution >= 0.6 is 0 Å². The number of hydrogen-bond acceptors (Lipinski definition) is 3. The van der Waals surface area contributed by atoms with Crippen molar-refractivity contribution in [3.63, 3.8) is 0 Å². The normalized spacial score (nSPS) is 29.9. The lowest BCUT2D eigenvalue weighted by atomic mass is 9.82. The van der Waals surface area contributed by atoms with E-state index in [1.165, 1.54) is 6.92 Å². The molecule has 20 heavy (non-hydrogen) atoms. The minimum Gasteiger partial charge on any atom is -0.349 e. The average Bonchev–Trinajstić information content (AvgIpc) is 2.53. The maximum atomic E-state index is 12.7. The van der Waals surface area contributed by atoms with Gasteiger partial charge in [-0.25, -0.2) is 0 Å². The average molecular weight is 281 g/mol. The Hall–Kier alpha value is -1.36. The lowest BCUT2D eigenvalue weighted by Crippen LogP contribution is -2.63. The summed E-state index contributed by atoms with van der Waals surface area (Å²) in [6.45, 7) is 10.9. The molecule has 0 unspecified atom stereocenters. The molecule has 5 heteroatoms. The van der Waals surface area contributed by atoms with Crippen molar-refractivity contribution < 1.29 is 9.59 Å². The minimum absolute atomic E-state index is 0.0127. The molecule has 1 saturated carbocycles. The van der Waals surface area contributed by atoms with Crippen LogP contribution in [0.3, 0.4) is 0 Å². The molecule has 1 fully saturated rings. The molecule has 114 valence electrons. The highest BCUT2D eigenvalue weighted by Gasteiger charge is 2.52. The van der Waals surface area contributed by atoms with Crippen LogP contribution in [0.5, 0.6) is 0 Å². The van der Waals surface area contributed by atoms with E-state index in [0.717, 1.165) is 0 Å². The summed E-state index contributed by atoms with van der Waals surface area (Å²) in [5.74, 6) is -0.376. The molecular weight excluding hydrogens is 254 g/mol. The van der Waals surface area contributed by atoms with Gasteiger partial charge in [0.05, 0.1) is 0 Å². The van der Waals surface area contributed by atoms with Crippen molar-refractivity contribution in [2.24, 2.45) is 11.7 Å². The van der Waals surface area contributed by atoms with Crippen LogP contribution in [-0.4, -0.2) is 28.9 Å². The third-order valence-electron chi connectivity index (χ3n) is 3.61. The quantitative estimate of drug-likeness (QED) is 0.674. The third kappa shape index (κ3) is 3.82. The van der Waals surface area contributed by atoms with Crippen molar-refractivity contribution in [1.82, 2.24) is 10.6 Å². The summed E-state index contributed by atoms with van der Waals surface area (Å²) < 4.78 is 0. The molecule has 0 aromatic heterocycles.